The molecule has 0 unspecified atom stereocenters. The van der Waals surface area contributed by atoms with Gasteiger partial charge in [0, 0.05) is 11.8 Å². The molecule has 0 atom stereocenters. The van der Waals surface area contributed by atoms with E-state index >= 15 is 0 Å². The number of carbonyl (C=O) groups excluding carboxylic acids is 1. The van der Waals surface area contributed by atoms with Crippen LogP contribution < -0.4 is 15.8 Å². The Morgan fingerprint density at radius 3 is 2.24 bits per heavy atom. The van der Waals surface area contributed by atoms with Gasteiger partial charge in [-0.3, -0.25) is 9.52 Å². The predicted molar refractivity (Wildman–Crippen MR) is 117 cm³/mol. The van der Waals surface area contributed by atoms with Crippen molar-refractivity contribution in [2.45, 2.75) is 11.8 Å². The van der Waals surface area contributed by atoms with Crippen molar-refractivity contribution in [3.63, 3.8) is 0 Å². The molecule has 3 rings (SSSR count). The highest BCUT2D eigenvalue weighted by atomic mass is 32.2. The van der Waals surface area contributed by atoms with Crippen LogP contribution in [-0.4, -0.2) is 14.3 Å². The van der Waals surface area contributed by atoms with Crippen LogP contribution in [0.5, 0.6) is 0 Å². The molecule has 29 heavy (non-hydrogen) atoms. The van der Waals surface area contributed by atoms with Crippen LogP contribution in [0.15, 0.2) is 83.8 Å². The Labute approximate surface area is 170 Å². The van der Waals surface area contributed by atoms with E-state index in [0.717, 1.165) is 11.1 Å². The summed E-state index contributed by atoms with van der Waals surface area (Å²) in [5, 5.41) is 2.70. The standard InChI is InChI=1S/C22H21N3O3S/c1-16-6-13-19(14-7-16)29(27,28)25-18-11-8-17(9-12-18)10-15-22(26)24-21-5-3-2-4-20(21)23/h2-15,25H,23H2,1H3,(H,24,26)/b15-10-. The number of nitrogens with two attached hydrogens (primary N) is 1. The summed E-state index contributed by atoms with van der Waals surface area (Å²) in [6, 6.07) is 20.3. The number of aryl methyl sites for hydroxylation is 1. The van der Waals surface area contributed by atoms with Crippen molar-refractivity contribution in [1.29, 1.82) is 0 Å². The molecule has 0 saturated heterocycles. The third-order valence-electron chi connectivity index (χ3n) is 4.14. The van der Waals surface area contributed by atoms with Gasteiger partial charge in [-0.15, -0.1) is 0 Å². The van der Waals surface area contributed by atoms with E-state index in [9.17, 15) is 13.2 Å². The van der Waals surface area contributed by atoms with Gasteiger partial charge in [0.1, 0.15) is 0 Å². The van der Waals surface area contributed by atoms with Gasteiger partial charge < -0.3 is 11.1 Å². The van der Waals surface area contributed by atoms with Crippen molar-refractivity contribution in [1.82, 2.24) is 0 Å². The SMILES string of the molecule is Cc1ccc(S(=O)(=O)Nc2ccc(/C=C\C(=O)Nc3ccccc3N)cc2)cc1. The van der Waals surface area contributed by atoms with E-state index < -0.39 is 10.0 Å². The zero-order valence-electron chi connectivity index (χ0n) is 15.8. The lowest BCUT2D eigenvalue weighted by atomic mass is 10.2. The summed E-state index contributed by atoms with van der Waals surface area (Å²) in [7, 11) is -3.65. The normalized spacial score (nSPS) is 11.3. The van der Waals surface area contributed by atoms with E-state index in [1.54, 1.807) is 78.9 Å². The first-order chi connectivity index (χ1) is 13.8. The molecule has 0 aliphatic rings. The Kier molecular flexibility index (Phi) is 5.99. The van der Waals surface area contributed by atoms with Crippen molar-refractivity contribution in [3.8, 4) is 0 Å². The summed E-state index contributed by atoms with van der Waals surface area (Å²) in [5.74, 6) is -0.313. The second kappa shape index (κ2) is 8.62. The Morgan fingerprint density at radius 1 is 0.931 bits per heavy atom. The second-order valence-corrected chi connectivity index (χ2v) is 8.13. The minimum Gasteiger partial charge on any atom is -0.397 e. The molecule has 0 fully saturated rings. The van der Waals surface area contributed by atoms with Gasteiger partial charge in [-0.05, 0) is 55.0 Å². The van der Waals surface area contributed by atoms with Gasteiger partial charge in [0.25, 0.3) is 10.0 Å². The zero-order chi connectivity index (χ0) is 20.9. The number of benzene rings is 3. The molecule has 7 heteroatoms. The van der Waals surface area contributed by atoms with Gasteiger partial charge in [-0.2, -0.15) is 0 Å². The summed E-state index contributed by atoms with van der Waals surface area (Å²) in [6.45, 7) is 1.89. The molecular weight excluding hydrogens is 386 g/mol. The van der Waals surface area contributed by atoms with Crippen molar-refractivity contribution >= 4 is 39.1 Å². The Hall–Kier alpha value is -3.58. The molecule has 1 amide bonds. The summed E-state index contributed by atoms with van der Waals surface area (Å²) >= 11 is 0. The smallest absolute Gasteiger partial charge is 0.261 e. The van der Waals surface area contributed by atoms with Gasteiger partial charge in [-0.25, -0.2) is 8.42 Å². The van der Waals surface area contributed by atoms with Gasteiger partial charge >= 0.3 is 0 Å². The van der Waals surface area contributed by atoms with Crippen LogP contribution in [0.3, 0.4) is 0 Å². The van der Waals surface area contributed by atoms with Crippen molar-refractivity contribution in [2.24, 2.45) is 0 Å². The monoisotopic (exact) mass is 407 g/mol. The number of hydrogen-bond donors (Lipinski definition) is 3. The molecule has 0 aliphatic carbocycles. The Balaban J connectivity index is 1.64. The highest BCUT2D eigenvalue weighted by Gasteiger charge is 2.13. The van der Waals surface area contributed by atoms with Gasteiger partial charge in [-0.1, -0.05) is 42.0 Å². The number of anilines is 3. The maximum absolute atomic E-state index is 12.4. The summed E-state index contributed by atoms with van der Waals surface area (Å²) in [6.07, 6.45) is 3.02. The first-order valence-corrected chi connectivity index (χ1v) is 10.3. The average molecular weight is 407 g/mol. The van der Waals surface area contributed by atoms with E-state index in [0.29, 0.717) is 17.1 Å². The van der Waals surface area contributed by atoms with Crippen molar-refractivity contribution < 1.29 is 13.2 Å². The Morgan fingerprint density at radius 2 is 1.59 bits per heavy atom. The lowest BCUT2D eigenvalue weighted by Gasteiger charge is -2.08. The van der Waals surface area contributed by atoms with Crippen molar-refractivity contribution in [2.75, 3.05) is 15.8 Å². The first kappa shape index (κ1) is 20.2. The number of rotatable bonds is 6. The summed E-state index contributed by atoms with van der Waals surface area (Å²) in [5.41, 5.74) is 9.00. The largest absolute Gasteiger partial charge is 0.397 e. The number of para-hydroxylation sites is 2. The van der Waals surface area contributed by atoms with E-state index in [-0.39, 0.29) is 10.8 Å². The first-order valence-electron chi connectivity index (χ1n) is 8.87. The number of hydrogen-bond acceptors (Lipinski definition) is 4. The molecule has 3 aromatic rings. The highest BCUT2D eigenvalue weighted by Crippen LogP contribution is 2.19. The topological polar surface area (TPSA) is 101 Å². The summed E-state index contributed by atoms with van der Waals surface area (Å²) in [4.78, 5) is 12.2. The van der Waals surface area contributed by atoms with Gasteiger partial charge in [0.2, 0.25) is 5.91 Å². The number of nitrogen functional groups attached to an aromatic ring is 1. The fourth-order valence-corrected chi connectivity index (χ4v) is 3.61. The predicted octanol–water partition coefficient (Wildman–Crippen LogP) is 4.03. The van der Waals surface area contributed by atoms with Crippen LogP contribution in [0.25, 0.3) is 6.08 Å². The number of sulfonamides is 1. The van der Waals surface area contributed by atoms with Crippen LogP contribution in [0.1, 0.15) is 11.1 Å². The molecule has 3 aromatic carbocycles. The molecule has 0 bridgehead atoms. The number of amides is 1. The van der Waals surface area contributed by atoms with E-state index in [4.69, 9.17) is 5.73 Å². The maximum Gasteiger partial charge on any atom is 0.261 e. The average Bonchev–Trinajstić information content (AvgIpc) is 2.69. The molecule has 0 aliphatic heterocycles. The minimum atomic E-state index is -3.65. The molecule has 0 radical (unpaired) electrons. The minimum absolute atomic E-state index is 0.198. The zero-order valence-corrected chi connectivity index (χ0v) is 16.6. The van der Waals surface area contributed by atoms with E-state index in [1.165, 1.54) is 6.08 Å². The summed E-state index contributed by atoms with van der Waals surface area (Å²) < 4.78 is 27.4. The fourth-order valence-electron chi connectivity index (χ4n) is 2.55. The van der Waals surface area contributed by atoms with Crippen LogP contribution in [-0.2, 0) is 14.8 Å². The van der Waals surface area contributed by atoms with Crippen LogP contribution in [0.2, 0.25) is 0 Å². The number of carbonyl (C=O) groups is 1. The fraction of sp³-hybridized carbons (Fsp3) is 0.0455. The molecule has 0 heterocycles. The molecule has 148 valence electrons. The van der Waals surface area contributed by atoms with Crippen LogP contribution in [0, 0.1) is 6.92 Å². The highest BCUT2D eigenvalue weighted by molar-refractivity contribution is 7.92. The lowest BCUT2D eigenvalue weighted by molar-refractivity contribution is -0.111. The molecule has 4 N–H and O–H groups in total. The van der Waals surface area contributed by atoms with Crippen LogP contribution in [0.4, 0.5) is 17.1 Å². The third kappa shape index (κ3) is 5.46. The van der Waals surface area contributed by atoms with E-state index in [2.05, 4.69) is 10.0 Å². The molecule has 6 nitrogen and oxygen atoms in total. The quantitative estimate of drug-likeness (QED) is 0.424. The van der Waals surface area contributed by atoms with Crippen LogP contribution >= 0.6 is 0 Å². The van der Waals surface area contributed by atoms with Crippen molar-refractivity contribution in [3.05, 3.63) is 90.0 Å². The molecule has 0 aromatic heterocycles. The van der Waals surface area contributed by atoms with Gasteiger partial charge in [0.05, 0.1) is 16.3 Å². The lowest BCUT2D eigenvalue weighted by Crippen LogP contribution is -2.12. The third-order valence-corrected chi connectivity index (χ3v) is 5.54. The maximum atomic E-state index is 12.4. The van der Waals surface area contributed by atoms with E-state index in [1.807, 2.05) is 6.92 Å². The Bertz CT molecular complexity index is 1140. The molecule has 0 saturated carbocycles. The molecular formula is C22H21N3O3S. The molecule has 0 spiro atoms. The van der Waals surface area contributed by atoms with Gasteiger partial charge in [0.15, 0.2) is 0 Å². The number of nitrogens with one attached hydrogen (secondary N) is 2. The second-order valence-electron chi connectivity index (χ2n) is 6.45.